The van der Waals surface area contributed by atoms with E-state index in [2.05, 4.69) is 15.1 Å². The third-order valence-corrected chi connectivity index (χ3v) is 6.28. The Hall–Kier alpha value is -3.13. The number of hydrogen-bond donors (Lipinski definition) is 0. The van der Waals surface area contributed by atoms with Crippen LogP contribution < -0.4 is 10.5 Å². The van der Waals surface area contributed by atoms with Crippen LogP contribution in [0.5, 0.6) is 0 Å². The van der Waals surface area contributed by atoms with Gasteiger partial charge in [-0.05, 0) is 37.0 Å². The minimum atomic E-state index is -0.230. The maximum atomic E-state index is 12.9. The summed E-state index contributed by atoms with van der Waals surface area (Å²) >= 11 is 1.33. The molecule has 0 aliphatic carbocycles. The second-order valence-corrected chi connectivity index (χ2v) is 8.11. The highest BCUT2D eigenvalue weighted by Gasteiger charge is 2.32. The first-order valence-electron chi connectivity index (χ1n) is 9.68. The Bertz CT molecular complexity index is 1250. The molecule has 146 valence electrons. The van der Waals surface area contributed by atoms with Crippen LogP contribution in [0.25, 0.3) is 16.0 Å². The molecule has 1 atom stereocenters. The summed E-state index contributed by atoms with van der Waals surface area (Å²) in [5.41, 5.74) is 1.36. The molecule has 0 bridgehead atoms. The Balaban J connectivity index is 1.42. The average Bonchev–Trinajstić information content (AvgIpc) is 3.40. The first-order valence-corrected chi connectivity index (χ1v) is 10.5. The van der Waals surface area contributed by atoms with Crippen LogP contribution in [0.4, 0.5) is 5.13 Å². The van der Waals surface area contributed by atoms with Gasteiger partial charge in [0.1, 0.15) is 0 Å². The van der Waals surface area contributed by atoms with E-state index in [0.29, 0.717) is 27.5 Å². The van der Waals surface area contributed by atoms with Gasteiger partial charge in [-0.1, -0.05) is 41.7 Å². The van der Waals surface area contributed by atoms with Crippen LogP contribution in [0, 0.1) is 0 Å². The van der Waals surface area contributed by atoms with Crippen molar-refractivity contribution in [1.82, 2.24) is 19.6 Å². The molecule has 5 rings (SSSR count). The van der Waals surface area contributed by atoms with Gasteiger partial charge in [-0.2, -0.15) is 9.50 Å². The Labute approximate surface area is 170 Å². The minimum absolute atomic E-state index is 0.192. The van der Waals surface area contributed by atoms with Gasteiger partial charge in [0.15, 0.2) is 11.4 Å². The molecule has 1 fully saturated rings. The zero-order valence-electron chi connectivity index (χ0n) is 15.7. The first kappa shape index (κ1) is 17.9. The third kappa shape index (κ3) is 3.29. The van der Waals surface area contributed by atoms with E-state index in [1.807, 2.05) is 35.2 Å². The van der Waals surface area contributed by atoms with Gasteiger partial charge in [0.2, 0.25) is 10.1 Å². The predicted molar refractivity (Wildman–Crippen MR) is 113 cm³/mol. The molecule has 8 heteroatoms. The Morgan fingerprint density at radius 2 is 2.03 bits per heavy atom. The summed E-state index contributed by atoms with van der Waals surface area (Å²) in [5, 5.41) is 5.61. The lowest BCUT2D eigenvalue weighted by atomic mass is 10.0. The van der Waals surface area contributed by atoms with Crippen LogP contribution in [-0.2, 0) is 11.2 Å². The topological polar surface area (TPSA) is 80.5 Å². The second kappa shape index (κ2) is 7.36. The van der Waals surface area contributed by atoms with Crippen molar-refractivity contribution in [3.63, 3.8) is 0 Å². The lowest BCUT2D eigenvalue weighted by Gasteiger charge is -2.22. The number of anilines is 1. The van der Waals surface area contributed by atoms with Crippen molar-refractivity contribution in [3.8, 4) is 0 Å². The summed E-state index contributed by atoms with van der Waals surface area (Å²) < 4.78 is 1.33. The second-order valence-electron chi connectivity index (χ2n) is 7.17. The summed E-state index contributed by atoms with van der Waals surface area (Å²) in [4.78, 5) is 36.8. The number of ketones is 1. The predicted octanol–water partition coefficient (Wildman–Crippen LogP) is 2.87. The molecule has 0 spiro atoms. The number of carbonyl (C=O) groups excluding carboxylic acids is 1. The van der Waals surface area contributed by atoms with Crippen LogP contribution in [0.1, 0.15) is 24.8 Å². The van der Waals surface area contributed by atoms with Crippen molar-refractivity contribution in [1.29, 1.82) is 0 Å². The highest BCUT2D eigenvalue weighted by Crippen LogP contribution is 2.30. The molecule has 4 heterocycles. The number of nitrogens with zero attached hydrogens (tertiary/aromatic N) is 5. The number of rotatable bonds is 5. The Morgan fingerprint density at radius 1 is 1.17 bits per heavy atom. The lowest BCUT2D eigenvalue weighted by Crippen LogP contribution is -2.36. The van der Waals surface area contributed by atoms with Crippen molar-refractivity contribution < 1.29 is 4.79 Å². The van der Waals surface area contributed by atoms with Crippen molar-refractivity contribution in [2.24, 2.45) is 0 Å². The summed E-state index contributed by atoms with van der Waals surface area (Å²) in [6.07, 6.45) is 4.61. The maximum Gasteiger partial charge on any atom is 0.284 e. The molecule has 1 aromatic carbocycles. The normalized spacial score (nSPS) is 16.7. The van der Waals surface area contributed by atoms with Gasteiger partial charge < -0.3 is 4.90 Å². The quantitative estimate of drug-likeness (QED) is 0.508. The number of benzene rings is 1. The monoisotopic (exact) mass is 405 g/mol. The SMILES string of the molecule is O=C(CCc1ccccc1)[C@H]1CCCN1c1nn2c(=O)c3cccnc3nc2s1. The van der Waals surface area contributed by atoms with Crippen LogP contribution in [0.2, 0.25) is 0 Å². The maximum absolute atomic E-state index is 12.9. The largest absolute Gasteiger partial charge is 0.337 e. The van der Waals surface area contributed by atoms with Crippen LogP contribution >= 0.6 is 11.3 Å². The fourth-order valence-corrected chi connectivity index (χ4v) is 4.82. The van der Waals surface area contributed by atoms with E-state index in [9.17, 15) is 9.59 Å². The molecular weight excluding hydrogens is 386 g/mol. The number of aryl methyl sites for hydroxylation is 1. The van der Waals surface area contributed by atoms with Crippen molar-refractivity contribution >= 4 is 38.2 Å². The standard InChI is InChI=1S/C21H19N5O2S/c27-17(11-10-14-6-2-1-3-7-14)16-9-5-13-25(16)21-24-26-19(28)15-8-4-12-22-18(15)23-20(26)29-21/h1-4,6-8,12,16H,5,9-11,13H2/t16-/m1/s1. The lowest BCUT2D eigenvalue weighted by molar-refractivity contribution is -0.120. The number of fused-ring (bicyclic) bond motifs is 2. The summed E-state index contributed by atoms with van der Waals surface area (Å²) in [7, 11) is 0. The van der Waals surface area contributed by atoms with Gasteiger partial charge in [0.25, 0.3) is 5.56 Å². The van der Waals surface area contributed by atoms with Gasteiger partial charge in [-0.3, -0.25) is 9.59 Å². The summed E-state index contributed by atoms with van der Waals surface area (Å²) in [6, 6.07) is 13.3. The smallest absolute Gasteiger partial charge is 0.284 e. The van der Waals surface area contributed by atoms with Crippen LogP contribution in [0.3, 0.4) is 0 Å². The molecule has 0 radical (unpaired) electrons. The molecule has 29 heavy (non-hydrogen) atoms. The first-order chi connectivity index (χ1) is 14.2. The zero-order valence-corrected chi connectivity index (χ0v) is 16.5. The number of Topliss-reactive ketones (excluding diaryl/α,β-unsaturated/α-hetero) is 1. The number of hydrogen-bond acceptors (Lipinski definition) is 7. The van der Waals surface area contributed by atoms with E-state index in [0.717, 1.165) is 25.8 Å². The molecule has 0 saturated carbocycles. The molecular formula is C21H19N5O2S. The average molecular weight is 405 g/mol. The molecule has 3 aromatic heterocycles. The zero-order chi connectivity index (χ0) is 19.8. The number of pyridine rings is 1. The Morgan fingerprint density at radius 3 is 2.90 bits per heavy atom. The highest BCUT2D eigenvalue weighted by molar-refractivity contribution is 7.20. The van der Waals surface area contributed by atoms with Gasteiger partial charge in [0.05, 0.1) is 11.4 Å². The van der Waals surface area contributed by atoms with Crippen molar-refractivity contribution in [2.75, 3.05) is 11.4 Å². The van der Waals surface area contributed by atoms with Crippen LogP contribution in [0.15, 0.2) is 53.5 Å². The highest BCUT2D eigenvalue weighted by atomic mass is 32.1. The van der Waals surface area contributed by atoms with E-state index in [4.69, 9.17) is 0 Å². The minimum Gasteiger partial charge on any atom is -0.337 e. The molecule has 0 N–H and O–H groups in total. The molecule has 1 saturated heterocycles. The molecule has 7 nitrogen and oxygen atoms in total. The molecule has 0 unspecified atom stereocenters. The van der Waals surface area contributed by atoms with Crippen molar-refractivity contribution in [3.05, 3.63) is 64.6 Å². The van der Waals surface area contributed by atoms with E-state index >= 15 is 0 Å². The summed E-state index contributed by atoms with van der Waals surface area (Å²) in [6.45, 7) is 0.758. The van der Waals surface area contributed by atoms with E-state index in [1.54, 1.807) is 18.3 Å². The molecule has 0 amide bonds. The molecule has 1 aliphatic rings. The number of carbonyl (C=O) groups is 1. The van der Waals surface area contributed by atoms with E-state index in [-0.39, 0.29) is 17.4 Å². The van der Waals surface area contributed by atoms with Gasteiger partial charge in [-0.15, -0.1) is 5.10 Å². The van der Waals surface area contributed by atoms with E-state index in [1.165, 1.54) is 21.4 Å². The van der Waals surface area contributed by atoms with Gasteiger partial charge >= 0.3 is 0 Å². The van der Waals surface area contributed by atoms with Gasteiger partial charge in [-0.25, -0.2) is 4.98 Å². The molecule has 4 aromatic rings. The fourth-order valence-electron chi connectivity index (χ4n) is 3.86. The summed E-state index contributed by atoms with van der Waals surface area (Å²) in [5.74, 6) is 0.220. The van der Waals surface area contributed by atoms with Crippen molar-refractivity contribution in [2.45, 2.75) is 31.7 Å². The van der Waals surface area contributed by atoms with Crippen LogP contribution in [-0.4, -0.2) is 38.0 Å². The number of aromatic nitrogens is 4. The third-order valence-electron chi connectivity index (χ3n) is 5.33. The van der Waals surface area contributed by atoms with E-state index < -0.39 is 0 Å². The van der Waals surface area contributed by atoms with Gasteiger partial charge in [0, 0.05) is 19.2 Å². The fraction of sp³-hybridized carbons (Fsp3) is 0.286. The molecule has 1 aliphatic heterocycles. The Kier molecular flexibility index (Phi) is 4.55.